The van der Waals surface area contributed by atoms with Crippen LogP contribution in [0.2, 0.25) is 0 Å². The third-order valence-corrected chi connectivity index (χ3v) is 5.73. The second kappa shape index (κ2) is 7.00. The predicted octanol–water partition coefficient (Wildman–Crippen LogP) is 2.91. The molecule has 1 atom stereocenters. The van der Waals surface area contributed by atoms with Crippen molar-refractivity contribution in [2.75, 3.05) is 37.7 Å². The van der Waals surface area contributed by atoms with Crippen molar-refractivity contribution in [3.05, 3.63) is 41.6 Å². The Bertz CT molecular complexity index is 800. The topological polar surface area (TPSA) is 59.5 Å². The predicted molar refractivity (Wildman–Crippen MR) is 104 cm³/mol. The van der Waals surface area contributed by atoms with Crippen molar-refractivity contribution in [1.29, 1.82) is 0 Å². The largest absolute Gasteiger partial charge is 0.486 e. The highest BCUT2D eigenvalue weighted by Crippen LogP contribution is 2.39. The van der Waals surface area contributed by atoms with Crippen LogP contribution in [0.4, 0.5) is 5.82 Å². The second-order valence-electron chi connectivity index (χ2n) is 7.89. The Labute approximate surface area is 159 Å². The lowest BCUT2D eigenvalue weighted by molar-refractivity contribution is 0.171. The van der Waals surface area contributed by atoms with Gasteiger partial charge in [-0.1, -0.05) is 6.07 Å². The van der Waals surface area contributed by atoms with Crippen molar-refractivity contribution < 1.29 is 9.47 Å². The summed E-state index contributed by atoms with van der Waals surface area (Å²) < 4.78 is 11.3. The normalized spacial score (nSPS) is 20.3. The van der Waals surface area contributed by atoms with Gasteiger partial charge in [0.1, 0.15) is 13.2 Å². The number of nitrogens with one attached hydrogen (secondary N) is 1. The first-order valence-electron chi connectivity index (χ1n) is 9.98. The Morgan fingerprint density at radius 3 is 2.63 bits per heavy atom. The van der Waals surface area contributed by atoms with Gasteiger partial charge in [0.15, 0.2) is 17.3 Å². The van der Waals surface area contributed by atoms with Gasteiger partial charge in [0.2, 0.25) is 0 Å². The average Bonchev–Trinajstić information content (AvgIpc) is 3.52. The molecule has 1 aromatic heterocycles. The Morgan fingerprint density at radius 1 is 1.07 bits per heavy atom. The van der Waals surface area contributed by atoms with Crippen molar-refractivity contribution in [1.82, 2.24) is 15.5 Å². The van der Waals surface area contributed by atoms with Gasteiger partial charge in [-0.3, -0.25) is 0 Å². The lowest BCUT2D eigenvalue weighted by Gasteiger charge is -2.40. The molecule has 2 aliphatic heterocycles. The van der Waals surface area contributed by atoms with E-state index in [0.29, 0.717) is 25.0 Å². The van der Waals surface area contributed by atoms with Crippen LogP contribution in [0.1, 0.15) is 43.0 Å². The van der Waals surface area contributed by atoms with Crippen molar-refractivity contribution >= 4 is 5.82 Å². The monoisotopic (exact) mass is 366 g/mol. The van der Waals surface area contributed by atoms with Gasteiger partial charge < -0.3 is 19.7 Å². The molecule has 0 radical (unpaired) electrons. The summed E-state index contributed by atoms with van der Waals surface area (Å²) in [6.07, 6.45) is 2.54. The number of aromatic nitrogens is 2. The molecule has 6 heteroatoms. The third-order valence-electron chi connectivity index (χ3n) is 5.73. The summed E-state index contributed by atoms with van der Waals surface area (Å²) in [5.74, 6) is 4.03. The summed E-state index contributed by atoms with van der Waals surface area (Å²) in [6, 6.07) is 10.8. The van der Waals surface area contributed by atoms with E-state index in [1.54, 1.807) is 0 Å². The molecule has 3 heterocycles. The van der Waals surface area contributed by atoms with Crippen molar-refractivity contribution in [3.8, 4) is 11.5 Å². The number of hydrogen-bond acceptors (Lipinski definition) is 6. The fraction of sp³-hybridized carbons (Fsp3) is 0.524. The molecule has 0 amide bonds. The molecule has 2 aromatic rings. The second-order valence-corrected chi connectivity index (χ2v) is 7.89. The molecule has 1 saturated carbocycles. The van der Waals surface area contributed by atoms with Crippen LogP contribution in [0.25, 0.3) is 0 Å². The van der Waals surface area contributed by atoms with E-state index >= 15 is 0 Å². The summed E-state index contributed by atoms with van der Waals surface area (Å²) >= 11 is 0. The molecule has 2 fully saturated rings. The number of fused-ring (bicyclic) bond motifs is 1. The lowest BCUT2D eigenvalue weighted by atomic mass is 9.99. The minimum atomic E-state index is 0.285. The van der Waals surface area contributed by atoms with E-state index in [1.807, 2.05) is 6.07 Å². The van der Waals surface area contributed by atoms with Crippen molar-refractivity contribution in [2.24, 2.45) is 5.92 Å². The van der Waals surface area contributed by atoms with Crippen LogP contribution in [0.15, 0.2) is 30.3 Å². The van der Waals surface area contributed by atoms with Crippen molar-refractivity contribution in [2.45, 2.75) is 31.7 Å². The fourth-order valence-electron chi connectivity index (χ4n) is 3.78. The molecule has 142 valence electrons. The molecule has 1 aliphatic carbocycles. The molecule has 1 aromatic carbocycles. The van der Waals surface area contributed by atoms with Crippen LogP contribution in [-0.4, -0.2) is 43.0 Å². The standard InChI is InChI=1S/C21H26N4O2/c1-14(17-4-6-19-20(10-17)27-9-8-26-19)22-11-15-12-25(13-15)21-7-5-18(23-24-21)16-2-3-16/h4-7,10,14-16,22H,2-3,8-9,11-13H2,1H3. The highest BCUT2D eigenvalue weighted by molar-refractivity contribution is 5.45. The van der Waals surface area contributed by atoms with E-state index in [2.05, 4.69) is 51.6 Å². The maximum Gasteiger partial charge on any atom is 0.161 e. The van der Waals surface area contributed by atoms with E-state index < -0.39 is 0 Å². The summed E-state index contributed by atoms with van der Waals surface area (Å²) in [7, 11) is 0. The first kappa shape index (κ1) is 16.8. The zero-order chi connectivity index (χ0) is 18.2. The number of hydrogen-bond donors (Lipinski definition) is 1. The number of ether oxygens (including phenoxy) is 2. The highest BCUT2D eigenvalue weighted by atomic mass is 16.6. The molecule has 0 spiro atoms. The average molecular weight is 366 g/mol. The zero-order valence-electron chi connectivity index (χ0n) is 15.7. The number of rotatable bonds is 6. The molecule has 6 nitrogen and oxygen atoms in total. The van der Waals surface area contributed by atoms with Crippen LogP contribution < -0.4 is 19.7 Å². The maximum atomic E-state index is 5.69. The molecule has 27 heavy (non-hydrogen) atoms. The molecule has 1 N–H and O–H groups in total. The molecule has 0 bridgehead atoms. The van der Waals surface area contributed by atoms with E-state index in [1.165, 1.54) is 18.4 Å². The van der Waals surface area contributed by atoms with Crippen LogP contribution >= 0.6 is 0 Å². The maximum absolute atomic E-state index is 5.69. The summed E-state index contributed by atoms with van der Waals surface area (Å²) in [4.78, 5) is 2.31. The first-order chi connectivity index (χ1) is 13.3. The van der Waals surface area contributed by atoms with Gasteiger partial charge in [0, 0.05) is 37.5 Å². The van der Waals surface area contributed by atoms with Gasteiger partial charge in [-0.25, -0.2) is 0 Å². The summed E-state index contributed by atoms with van der Waals surface area (Å²) in [5.41, 5.74) is 2.39. The molecular weight excluding hydrogens is 340 g/mol. The highest BCUT2D eigenvalue weighted by Gasteiger charge is 2.29. The summed E-state index contributed by atoms with van der Waals surface area (Å²) in [5, 5.41) is 12.5. The number of anilines is 1. The minimum absolute atomic E-state index is 0.285. The fourth-order valence-corrected chi connectivity index (χ4v) is 3.78. The minimum Gasteiger partial charge on any atom is -0.486 e. The molecule has 5 rings (SSSR count). The van der Waals surface area contributed by atoms with E-state index in [9.17, 15) is 0 Å². The van der Waals surface area contributed by atoms with E-state index in [-0.39, 0.29) is 6.04 Å². The molecule has 1 saturated heterocycles. The van der Waals surface area contributed by atoms with Crippen LogP contribution in [-0.2, 0) is 0 Å². The number of benzene rings is 1. The zero-order valence-corrected chi connectivity index (χ0v) is 15.7. The van der Waals surface area contributed by atoms with Crippen molar-refractivity contribution in [3.63, 3.8) is 0 Å². The van der Waals surface area contributed by atoms with Crippen LogP contribution in [0.3, 0.4) is 0 Å². The van der Waals surface area contributed by atoms with Gasteiger partial charge in [0.05, 0.1) is 5.69 Å². The summed E-state index contributed by atoms with van der Waals surface area (Å²) in [6.45, 7) is 6.53. The molecule has 1 unspecified atom stereocenters. The third kappa shape index (κ3) is 3.58. The van der Waals surface area contributed by atoms with Gasteiger partial charge in [0.25, 0.3) is 0 Å². The van der Waals surface area contributed by atoms with E-state index in [4.69, 9.17) is 9.47 Å². The van der Waals surface area contributed by atoms with Crippen LogP contribution in [0.5, 0.6) is 11.5 Å². The van der Waals surface area contributed by atoms with E-state index in [0.717, 1.165) is 42.6 Å². The van der Waals surface area contributed by atoms with Gasteiger partial charge in [-0.05, 0) is 49.6 Å². The smallest absolute Gasteiger partial charge is 0.161 e. The Balaban J connectivity index is 1.11. The molecular formula is C21H26N4O2. The lowest BCUT2D eigenvalue weighted by Crippen LogP contribution is -2.51. The molecule has 3 aliphatic rings. The van der Waals surface area contributed by atoms with Crippen LogP contribution in [0, 0.1) is 5.92 Å². The Morgan fingerprint density at radius 2 is 1.89 bits per heavy atom. The Kier molecular flexibility index (Phi) is 4.36. The van der Waals surface area contributed by atoms with Gasteiger partial charge in [-0.15, -0.1) is 5.10 Å². The SMILES string of the molecule is CC(NCC1CN(c2ccc(C3CC3)nn2)C1)c1ccc2c(c1)OCCO2. The Hall–Kier alpha value is -2.34. The van der Waals surface area contributed by atoms with Gasteiger partial charge in [-0.2, -0.15) is 5.10 Å². The van der Waals surface area contributed by atoms with Gasteiger partial charge >= 0.3 is 0 Å². The first-order valence-corrected chi connectivity index (χ1v) is 9.98. The quantitative estimate of drug-likeness (QED) is 0.848. The number of nitrogens with zero attached hydrogens (tertiary/aromatic N) is 3.